The summed E-state index contributed by atoms with van der Waals surface area (Å²) >= 11 is 1.44. The van der Waals surface area contributed by atoms with E-state index in [4.69, 9.17) is 5.73 Å². The fourth-order valence-electron chi connectivity index (χ4n) is 2.55. The minimum Gasteiger partial charge on any atom is -0.382 e. The topological polar surface area (TPSA) is 92.5 Å². The zero-order valence-corrected chi connectivity index (χ0v) is 11.9. The van der Waals surface area contributed by atoms with Crippen LogP contribution in [0.3, 0.4) is 0 Å². The number of thiazole rings is 1. The number of nitrogens with zero attached hydrogens (tertiary/aromatic N) is 4. The lowest BCUT2D eigenvalue weighted by molar-refractivity contribution is 0.461. The van der Waals surface area contributed by atoms with Gasteiger partial charge in [0, 0.05) is 17.6 Å². The third-order valence-electron chi connectivity index (χ3n) is 3.58. The fraction of sp³-hybridized carbons (Fsp3) is 0.462. The monoisotopic (exact) mass is 288 g/mol. The second kappa shape index (κ2) is 5.51. The van der Waals surface area contributed by atoms with E-state index in [9.17, 15) is 5.26 Å². The first-order valence-corrected chi connectivity index (χ1v) is 7.62. The number of nitrogens with two attached hydrogens (primary N) is 1. The lowest BCUT2D eigenvalue weighted by Gasteiger charge is -2.22. The molecule has 0 unspecified atom stereocenters. The van der Waals surface area contributed by atoms with Crippen molar-refractivity contribution in [2.24, 2.45) is 0 Å². The smallest absolute Gasteiger partial charge is 0.212 e. The first-order chi connectivity index (χ1) is 9.79. The number of anilines is 2. The number of nitriles is 1. The van der Waals surface area contributed by atoms with E-state index in [0.29, 0.717) is 28.4 Å². The standard InChI is InChI=1S/C13H16N6S/c14-8-10-11(15)19(13-16-6-7-20-13)18-12(10)17-9-4-2-1-3-5-9/h6-7,9H,1-5,15H2,(H,17,18). The molecule has 1 aliphatic carbocycles. The Kier molecular flexibility index (Phi) is 3.56. The predicted octanol–water partition coefficient (Wildman–Crippen LogP) is 2.53. The Morgan fingerprint density at radius 3 is 2.85 bits per heavy atom. The molecule has 0 spiro atoms. The molecule has 0 bridgehead atoms. The zero-order chi connectivity index (χ0) is 13.9. The van der Waals surface area contributed by atoms with Crippen LogP contribution in [0.25, 0.3) is 5.13 Å². The van der Waals surface area contributed by atoms with E-state index in [1.807, 2.05) is 5.38 Å². The Morgan fingerprint density at radius 2 is 2.20 bits per heavy atom. The lowest BCUT2D eigenvalue weighted by Crippen LogP contribution is -2.23. The van der Waals surface area contributed by atoms with Gasteiger partial charge in [0.2, 0.25) is 5.13 Å². The summed E-state index contributed by atoms with van der Waals surface area (Å²) in [6.07, 6.45) is 7.68. The summed E-state index contributed by atoms with van der Waals surface area (Å²) in [6.45, 7) is 0. The molecule has 104 valence electrons. The number of hydrogen-bond acceptors (Lipinski definition) is 6. The first-order valence-electron chi connectivity index (χ1n) is 6.74. The molecule has 0 saturated heterocycles. The van der Waals surface area contributed by atoms with E-state index >= 15 is 0 Å². The average Bonchev–Trinajstić information content (AvgIpc) is 3.08. The highest BCUT2D eigenvalue weighted by Crippen LogP contribution is 2.28. The highest BCUT2D eigenvalue weighted by atomic mass is 32.1. The van der Waals surface area contributed by atoms with Crippen LogP contribution in [0.4, 0.5) is 11.6 Å². The minimum absolute atomic E-state index is 0.348. The van der Waals surface area contributed by atoms with Gasteiger partial charge in [-0.3, -0.25) is 0 Å². The molecule has 2 aromatic rings. The summed E-state index contributed by atoms with van der Waals surface area (Å²) in [6, 6.07) is 2.53. The molecule has 7 heteroatoms. The van der Waals surface area contributed by atoms with Crippen molar-refractivity contribution in [2.45, 2.75) is 38.1 Å². The van der Waals surface area contributed by atoms with Gasteiger partial charge in [-0.25, -0.2) is 4.98 Å². The van der Waals surface area contributed by atoms with Gasteiger partial charge in [0.05, 0.1) is 0 Å². The SMILES string of the molecule is N#Cc1c(NC2CCCCC2)nn(-c2nccs2)c1N. The lowest BCUT2D eigenvalue weighted by atomic mass is 9.95. The van der Waals surface area contributed by atoms with Gasteiger partial charge in [-0.1, -0.05) is 19.3 Å². The summed E-state index contributed by atoms with van der Waals surface area (Å²) in [4.78, 5) is 4.18. The second-order valence-electron chi connectivity index (χ2n) is 4.93. The van der Waals surface area contributed by atoms with Crippen LogP contribution in [0.15, 0.2) is 11.6 Å². The van der Waals surface area contributed by atoms with Crippen LogP contribution in [0.2, 0.25) is 0 Å². The minimum atomic E-state index is 0.348. The Morgan fingerprint density at radius 1 is 1.40 bits per heavy atom. The van der Waals surface area contributed by atoms with E-state index in [-0.39, 0.29) is 0 Å². The summed E-state index contributed by atoms with van der Waals surface area (Å²) in [5.74, 6) is 0.924. The van der Waals surface area contributed by atoms with Gasteiger partial charge in [0.25, 0.3) is 0 Å². The van der Waals surface area contributed by atoms with E-state index in [1.165, 1.54) is 35.3 Å². The third kappa shape index (κ3) is 2.34. The van der Waals surface area contributed by atoms with Crippen molar-refractivity contribution in [3.8, 4) is 11.2 Å². The molecule has 0 aromatic carbocycles. The van der Waals surface area contributed by atoms with E-state index in [1.54, 1.807) is 6.20 Å². The molecular weight excluding hydrogens is 272 g/mol. The summed E-state index contributed by atoms with van der Waals surface area (Å²) < 4.78 is 1.54. The number of aromatic nitrogens is 3. The molecular formula is C13H16N6S. The molecule has 3 N–H and O–H groups in total. The van der Waals surface area contributed by atoms with E-state index < -0.39 is 0 Å². The van der Waals surface area contributed by atoms with Crippen LogP contribution in [-0.2, 0) is 0 Å². The summed E-state index contributed by atoms with van der Waals surface area (Å²) in [5, 5.41) is 19.6. The van der Waals surface area contributed by atoms with Crippen molar-refractivity contribution < 1.29 is 0 Å². The molecule has 2 aromatic heterocycles. The van der Waals surface area contributed by atoms with Crippen LogP contribution in [-0.4, -0.2) is 20.8 Å². The first kappa shape index (κ1) is 12.9. The largest absolute Gasteiger partial charge is 0.382 e. The van der Waals surface area contributed by atoms with E-state index in [2.05, 4.69) is 21.5 Å². The van der Waals surface area contributed by atoms with Crippen LogP contribution in [0, 0.1) is 11.3 Å². The number of hydrogen-bond donors (Lipinski definition) is 2. The molecule has 6 nitrogen and oxygen atoms in total. The van der Waals surface area contributed by atoms with Crippen molar-refractivity contribution >= 4 is 23.0 Å². The molecule has 0 aliphatic heterocycles. The third-order valence-corrected chi connectivity index (χ3v) is 4.33. The molecule has 0 atom stereocenters. The van der Waals surface area contributed by atoms with Crippen molar-refractivity contribution in [1.29, 1.82) is 5.26 Å². The highest BCUT2D eigenvalue weighted by Gasteiger charge is 2.21. The highest BCUT2D eigenvalue weighted by molar-refractivity contribution is 7.12. The summed E-state index contributed by atoms with van der Waals surface area (Å²) in [7, 11) is 0. The van der Waals surface area contributed by atoms with Gasteiger partial charge < -0.3 is 11.1 Å². The zero-order valence-electron chi connectivity index (χ0n) is 11.0. The van der Waals surface area contributed by atoms with Gasteiger partial charge in [0.1, 0.15) is 17.5 Å². The predicted molar refractivity (Wildman–Crippen MR) is 78.9 cm³/mol. The number of rotatable bonds is 3. The number of nitrogens with one attached hydrogen (secondary N) is 1. The van der Waals surface area contributed by atoms with E-state index in [0.717, 1.165) is 12.8 Å². The van der Waals surface area contributed by atoms with Crippen LogP contribution in [0.5, 0.6) is 0 Å². The quantitative estimate of drug-likeness (QED) is 0.905. The van der Waals surface area contributed by atoms with Gasteiger partial charge in [-0.15, -0.1) is 16.4 Å². The van der Waals surface area contributed by atoms with Gasteiger partial charge in [-0.2, -0.15) is 9.94 Å². The Hall–Kier alpha value is -2.07. The van der Waals surface area contributed by atoms with Gasteiger partial charge in [0.15, 0.2) is 5.82 Å². The molecule has 0 radical (unpaired) electrons. The Bertz CT molecular complexity index is 618. The molecule has 3 rings (SSSR count). The fourth-order valence-corrected chi connectivity index (χ4v) is 3.15. The maximum atomic E-state index is 9.30. The molecule has 0 amide bonds. The maximum absolute atomic E-state index is 9.30. The second-order valence-corrected chi connectivity index (χ2v) is 5.80. The van der Waals surface area contributed by atoms with Crippen molar-refractivity contribution in [1.82, 2.24) is 14.8 Å². The maximum Gasteiger partial charge on any atom is 0.212 e. The van der Waals surface area contributed by atoms with Gasteiger partial charge in [-0.05, 0) is 12.8 Å². The Labute approximate surface area is 121 Å². The van der Waals surface area contributed by atoms with Crippen molar-refractivity contribution in [2.75, 3.05) is 11.1 Å². The van der Waals surface area contributed by atoms with Gasteiger partial charge >= 0.3 is 0 Å². The normalized spacial score (nSPS) is 15.9. The number of nitrogen functional groups attached to an aromatic ring is 1. The van der Waals surface area contributed by atoms with Crippen molar-refractivity contribution in [3.63, 3.8) is 0 Å². The molecule has 20 heavy (non-hydrogen) atoms. The molecule has 1 saturated carbocycles. The van der Waals surface area contributed by atoms with Crippen molar-refractivity contribution in [3.05, 3.63) is 17.1 Å². The van der Waals surface area contributed by atoms with Crippen LogP contribution < -0.4 is 11.1 Å². The average molecular weight is 288 g/mol. The molecule has 2 heterocycles. The van der Waals surface area contributed by atoms with Crippen LogP contribution in [0.1, 0.15) is 37.7 Å². The van der Waals surface area contributed by atoms with Crippen LogP contribution >= 0.6 is 11.3 Å². The Balaban J connectivity index is 1.90. The summed E-state index contributed by atoms with van der Waals surface area (Å²) in [5.41, 5.74) is 6.42. The molecule has 1 fully saturated rings. The molecule has 1 aliphatic rings.